The fourth-order valence-corrected chi connectivity index (χ4v) is 2.65. The van der Waals surface area contributed by atoms with E-state index in [-0.39, 0.29) is 5.91 Å². The van der Waals surface area contributed by atoms with E-state index >= 15 is 0 Å². The highest BCUT2D eigenvalue weighted by Crippen LogP contribution is 2.34. The lowest BCUT2D eigenvalue weighted by atomic mass is 10.0. The summed E-state index contributed by atoms with van der Waals surface area (Å²) in [6.45, 7) is 3.94. The van der Waals surface area contributed by atoms with Gasteiger partial charge in [0.15, 0.2) is 0 Å². The molecular weight excluding hydrogens is 198 g/mol. The first-order valence-corrected chi connectivity index (χ1v) is 6.18. The molecule has 0 unspecified atom stereocenters. The van der Waals surface area contributed by atoms with E-state index in [2.05, 4.69) is 19.1 Å². The Morgan fingerprint density at radius 2 is 1.94 bits per heavy atom. The van der Waals surface area contributed by atoms with Crippen LogP contribution in [0.1, 0.15) is 46.3 Å². The summed E-state index contributed by atoms with van der Waals surface area (Å²) in [4.78, 5) is 14.4. The molecular formula is C14H17NO. The molecule has 0 spiro atoms. The maximum absolute atomic E-state index is 12.4. The van der Waals surface area contributed by atoms with Crippen LogP contribution >= 0.6 is 0 Å². The number of piperidine rings is 1. The van der Waals surface area contributed by atoms with E-state index in [1.165, 1.54) is 30.4 Å². The summed E-state index contributed by atoms with van der Waals surface area (Å²) in [6, 6.07) is 4.24. The SMILES string of the molecule is Cc1ccc2c(c1C(=O)N1CCCCC1)C2. The van der Waals surface area contributed by atoms with Crippen molar-refractivity contribution in [2.24, 2.45) is 0 Å². The zero-order valence-corrected chi connectivity index (χ0v) is 9.75. The Morgan fingerprint density at radius 1 is 1.19 bits per heavy atom. The molecule has 0 atom stereocenters. The molecule has 84 valence electrons. The number of nitrogens with zero attached hydrogens (tertiary/aromatic N) is 1. The van der Waals surface area contributed by atoms with E-state index < -0.39 is 0 Å². The third-order valence-corrected chi connectivity index (χ3v) is 3.72. The molecule has 1 aliphatic carbocycles. The summed E-state index contributed by atoms with van der Waals surface area (Å²) in [5.74, 6) is 0.270. The van der Waals surface area contributed by atoms with E-state index in [1.807, 2.05) is 4.90 Å². The molecule has 0 radical (unpaired) electrons. The molecule has 0 bridgehead atoms. The van der Waals surface area contributed by atoms with E-state index in [0.717, 1.165) is 30.6 Å². The Bertz CT molecular complexity index is 441. The zero-order chi connectivity index (χ0) is 11.1. The fourth-order valence-electron chi connectivity index (χ4n) is 2.65. The maximum atomic E-state index is 12.4. The molecule has 1 heterocycles. The van der Waals surface area contributed by atoms with Crippen LogP contribution in [0.5, 0.6) is 0 Å². The number of hydrogen-bond donors (Lipinski definition) is 0. The van der Waals surface area contributed by atoms with Crippen LogP contribution in [0.3, 0.4) is 0 Å². The van der Waals surface area contributed by atoms with Crippen LogP contribution in [-0.4, -0.2) is 23.9 Å². The largest absolute Gasteiger partial charge is 0.339 e. The lowest BCUT2D eigenvalue weighted by molar-refractivity contribution is 0.0723. The minimum atomic E-state index is 0.270. The van der Waals surface area contributed by atoms with Crippen LogP contribution in [-0.2, 0) is 6.42 Å². The summed E-state index contributed by atoms with van der Waals surface area (Å²) < 4.78 is 0. The first-order valence-electron chi connectivity index (χ1n) is 6.18. The summed E-state index contributed by atoms with van der Waals surface area (Å²) >= 11 is 0. The lowest BCUT2D eigenvalue weighted by Gasteiger charge is -2.27. The Labute approximate surface area is 96.3 Å². The van der Waals surface area contributed by atoms with Gasteiger partial charge in [-0.3, -0.25) is 4.79 Å². The number of carbonyl (C=O) groups excluding carboxylic acids is 1. The van der Waals surface area contributed by atoms with Crippen LogP contribution in [0.2, 0.25) is 0 Å². The van der Waals surface area contributed by atoms with Crippen LogP contribution < -0.4 is 0 Å². The topological polar surface area (TPSA) is 20.3 Å². The summed E-state index contributed by atoms with van der Waals surface area (Å²) in [5.41, 5.74) is 4.81. The van der Waals surface area contributed by atoms with Crippen molar-refractivity contribution in [3.05, 3.63) is 34.4 Å². The molecule has 0 saturated carbocycles. The molecule has 2 nitrogen and oxygen atoms in total. The maximum Gasteiger partial charge on any atom is 0.254 e. The summed E-state index contributed by atoms with van der Waals surface area (Å²) in [6.07, 6.45) is 4.64. The number of aryl methyl sites for hydroxylation is 1. The van der Waals surface area contributed by atoms with E-state index in [1.54, 1.807) is 0 Å². The van der Waals surface area contributed by atoms with Gasteiger partial charge in [0.25, 0.3) is 5.91 Å². The van der Waals surface area contributed by atoms with Crippen molar-refractivity contribution < 1.29 is 4.79 Å². The molecule has 1 aromatic carbocycles. The number of hydrogen-bond acceptors (Lipinski definition) is 1. The molecule has 0 aromatic heterocycles. The van der Waals surface area contributed by atoms with Gasteiger partial charge in [-0.25, -0.2) is 0 Å². The van der Waals surface area contributed by atoms with Gasteiger partial charge in [0.2, 0.25) is 0 Å². The van der Waals surface area contributed by atoms with Gasteiger partial charge < -0.3 is 4.90 Å². The van der Waals surface area contributed by atoms with Gasteiger partial charge in [0.1, 0.15) is 0 Å². The standard InChI is InChI=1S/C14H17NO/c1-10-5-6-11-9-12(11)13(10)14(16)15-7-3-2-4-8-15/h5-6H,2-4,7-9H2,1H3. The number of likely N-dealkylation sites (tertiary alicyclic amines) is 1. The van der Waals surface area contributed by atoms with E-state index in [9.17, 15) is 4.79 Å². The van der Waals surface area contributed by atoms with Gasteiger partial charge >= 0.3 is 0 Å². The Balaban J connectivity index is 1.89. The van der Waals surface area contributed by atoms with Crippen LogP contribution in [0.15, 0.2) is 12.1 Å². The predicted octanol–water partition coefficient (Wildman–Crippen LogP) is 2.53. The molecule has 2 heteroatoms. The van der Waals surface area contributed by atoms with Crippen molar-refractivity contribution in [3.8, 4) is 0 Å². The molecule has 3 rings (SSSR count). The molecule has 1 aliphatic heterocycles. The number of benzene rings is 1. The van der Waals surface area contributed by atoms with E-state index in [0.29, 0.717) is 0 Å². The van der Waals surface area contributed by atoms with Crippen molar-refractivity contribution in [3.63, 3.8) is 0 Å². The number of rotatable bonds is 1. The highest BCUT2D eigenvalue weighted by molar-refractivity contribution is 5.99. The van der Waals surface area contributed by atoms with Gasteiger partial charge in [0.05, 0.1) is 0 Å². The Hall–Kier alpha value is -1.31. The molecule has 0 N–H and O–H groups in total. The van der Waals surface area contributed by atoms with Gasteiger partial charge in [-0.15, -0.1) is 0 Å². The highest BCUT2D eigenvalue weighted by Gasteiger charge is 2.29. The monoisotopic (exact) mass is 215 g/mol. The van der Waals surface area contributed by atoms with Crippen LogP contribution in [0, 0.1) is 6.92 Å². The van der Waals surface area contributed by atoms with Crippen molar-refractivity contribution in [2.75, 3.05) is 13.1 Å². The Morgan fingerprint density at radius 3 is 2.69 bits per heavy atom. The number of carbonyl (C=O) groups is 1. The van der Waals surface area contributed by atoms with Crippen LogP contribution in [0.4, 0.5) is 0 Å². The third-order valence-electron chi connectivity index (χ3n) is 3.72. The molecule has 2 aliphatic rings. The first-order chi connectivity index (χ1) is 7.77. The molecule has 1 amide bonds. The number of fused-ring (bicyclic) bond motifs is 1. The molecule has 1 fully saturated rings. The van der Waals surface area contributed by atoms with Crippen molar-refractivity contribution in [1.29, 1.82) is 0 Å². The predicted molar refractivity (Wildman–Crippen MR) is 63.7 cm³/mol. The first kappa shape index (κ1) is 9.88. The van der Waals surface area contributed by atoms with Gasteiger partial charge in [-0.2, -0.15) is 0 Å². The minimum absolute atomic E-state index is 0.270. The highest BCUT2D eigenvalue weighted by atomic mass is 16.2. The second-order valence-electron chi connectivity index (χ2n) is 4.92. The minimum Gasteiger partial charge on any atom is -0.339 e. The average Bonchev–Trinajstić information content (AvgIpc) is 3.08. The molecule has 1 saturated heterocycles. The lowest BCUT2D eigenvalue weighted by Crippen LogP contribution is -2.36. The second kappa shape index (κ2) is 3.62. The summed E-state index contributed by atoms with van der Waals surface area (Å²) in [7, 11) is 0. The quantitative estimate of drug-likeness (QED) is 0.716. The summed E-state index contributed by atoms with van der Waals surface area (Å²) in [5, 5.41) is 0. The van der Waals surface area contributed by atoms with Crippen LogP contribution in [0.25, 0.3) is 0 Å². The van der Waals surface area contributed by atoms with Gasteiger partial charge in [-0.05, 0) is 49.3 Å². The molecule has 1 aromatic rings. The second-order valence-corrected chi connectivity index (χ2v) is 4.92. The van der Waals surface area contributed by atoms with Gasteiger partial charge in [-0.1, -0.05) is 12.1 Å². The van der Waals surface area contributed by atoms with Crippen molar-refractivity contribution in [2.45, 2.75) is 32.6 Å². The van der Waals surface area contributed by atoms with E-state index in [4.69, 9.17) is 0 Å². The number of amides is 1. The fraction of sp³-hybridized carbons (Fsp3) is 0.500. The average molecular weight is 215 g/mol. The third kappa shape index (κ3) is 1.53. The normalized spacial score (nSPS) is 18.2. The Kier molecular flexibility index (Phi) is 2.23. The van der Waals surface area contributed by atoms with Crippen molar-refractivity contribution in [1.82, 2.24) is 4.90 Å². The van der Waals surface area contributed by atoms with Crippen molar-refractivity contribution >= 4 is 5.91 Å². The smallest absolute Gasteiger partial charge is 0.254 e. The molecule has 16 heavy (non-hydrogen) atoms. The zero-order valence-electron chi connectivity index (χ0n) is 9.75. The van der Waals surface area contributed by atoms with Gasteiger partial charge in [0, 0.05) is 18.7 Å².